The van der Waals surface area contributed by atoms with Crippen molar-refractivity contribution in [3.8, 4) is 11.3 Å². The van der Waals surface area contributed by atoms with Crippen molar-refractivity contribution in [1.82, 2.24) is 4.90 Å². The lowest BCUT2D eigenvalue weighted by Gasteiger charge is -2.12. The third-order valence-electron chi connectivity index (χ3n) is 5.15. The van der Waals surface area contributed by atoms with Gasteiger partial charge in [0.2, 0.25) is 0 Å². The highest BCUT2D eigenvalue weighted by Crippen LogP contribution is 2.35. The van der Waals surface area contributed by atoms with Crippen molar-refractivity contribution in [3.63, 3.8) is 0 Å². The molecule has 32 heavy (non-hydrogen) atoms. The van der Waals surface area contributed by atoms with Crippen LogP contribution in [0.2, 0.25) is 0 Å². The second kappa shape index (κ2) is 8.91. The SMILES string of the molecule is Cc1cc(-c2ccc(/C=C3\SC(=O)N(Cc4ccc(I)cc4)C3=O)o2)cc([N+](=O)[O-])c1C. The zero-order valence-electron chi connectivity index (χ0n) is 17.1. The van der Waals surface area contributed by atoms with Gasteiger partial charge >= 0.3 is 0 Å². The molecule has 0 saturated carbocycles. The van der Waals surface area contributed by atoms with Gasteiger partial charge in [-0.2, -0.15) is 0 Å². The molecule has 0 unspecified atom stereocenters. The molecule has 0 aliphatic carbocycles. The molecule has 1 saturated heterocycles. The van der Waals surface area contributed by atoms with E-state index in [1.54, 1.807) is 26.0 Å². The molecule has 2 amide bonds. The summed E-state index contributed by atoms with van der Waals surface area (Å²) < 4.78 is 6.89. The number of aryl methyl sites for hydroxylation is 1. The van der Waals surface area contributed by atoms with Gasteiger partial charge in [-0.05, 0) is 89.7 Å². The molecule has 0 spiro atoms. The number of halogens is 1. The van der Waals surface area contributed by atoms with Crippen molar-refractivity contribution in [2.24, 2.45) is 0 Å². The second-order valence-electron chi connectivity index (χ2n) is 7.29. The highest BCUT2D eigenvalue weighted by atomic mass is 127. The van der Waals surface area contributed by atoms with Gasteiger partial charge in [0.25, 0.3) is 16.8 Å². The number of hydrogen-bond acceptors (Lipinski definition) is 6. The summed E-state index contributed by atoms with van der Waals surface area (Å²) in [6, 6.07) is 14.3. The number of imide groups is 1. The van der Waals surface area contributed by atoms with Crippen molar-refractivity contribution in [2.45, 2.75) is 20.4 Å². The molecule has 1 aliphatic heterocycles. The zero-order chi connectivity index (χ0) is 23.0. The average molecular weight is 560 g/mol. The summed E-state index contributed by atoms with van der Waals surface area (Å²) in [5.74, 6) is 0.458. The summed E-state index contributed by atoms with van der Waals surface area (Å²) in [7, 11) is 0. The minimum Gasteiger partial charge on any atom is -0.457 e. The molecule has 1 aromatic heterocycles. The Morgan fingerprint density at radius 2 is 1.84 bits per heavy atom. The van der Waals surface area contributed by atoms with Crippen molar-refractivity contribution in [1.29, 1.82) is 0 Å². The van der Waals surface area contributed by atoms with Crippen LogP contribution in [0.1, 0.15) is 22.5 Å². The van der Waals surface area contributed by atoms with E-state index in [9.17, 15) is 19.7 Å². The third-order valence-corrected chi connectivity index (χ3v) is 6.78. The van der Waals surface area contributed by atoms with Crippen LogP contribution in [-0.2, 0) is 11.3 Å². The Morgan fingerprint density at radius 1 is 1.12 bits per heavy atom. The van der Waals surface area contributed by atoms with Crippen LogP contribution in [0.4, 0.5) is 10.5 Å². The molecular formula is C23H17IN2O5S. The molecular weight excluding hydrogens is 543 g/mol. The number of benzene rings is 2. The van der Waals surface area contributed by atoms with Crippen molar-refractivity contribution in [2.75, 3.05) is 0 Å². The number of amides is 2. The Balaban J connectivity index is 1.57. The van der Waals surface area contributed by atoms with E-state index in [1.165, 1.54) is 17.0 Å². The van der Waals surface area contributed by atoms with Gasteiger partial charge in [-0.1, -0.05) is 12.1 Å². The van der Waals surface area contributed by atoms with Gasteiger partial charge in [-0.15, -0.1) is 0 Å². The maximum Gasteiger partial charge on any atom is 0.293 e. The number of carbonyl (C=O) groups is 2. The van der Waals surface area contributed by atoms with E-state index in [2.05, 4.69) is 22.6 Å². The highest BCUT2D eigenvalue weighted by Gasteiger charge is 2.35. The van der Waals surface area contributed by atoms with Gasteiger partial charge in [-0.25, -0.2) is 0 Å². The molecule has 3 aromatic rings. The molecule has 9 heteroatoms. The van der Waals surface area contributed by atoms with Crippen LogP contribution in [0, 0.1) is 27.5 Å². The van der Waals surface area contributed by atoms with Crippen molar-refractivity contribution < 1.29 is 18.9 Å². The maximum absolute atomic E-state index is 12.8. The van der Waals surface area contributed by atoms with Crippen molar-refractivity contribution in [3.05, 3.63) is 89.6 Å². The second-order valence-corrected chi connectivity index (χ2v) is 9.53. The first kappa shape index (κ1) is 22.3. The van der Waals surface area contributed by atoms with Gasteiger partial charge in [-0.3, -0.25) is 24.6 Å². The first-order chi connectivity index (χ1) is 15.2. The quantitative estimate of drug-likeness (QED) is 0.157. The van der Waals surface area contributed by atoms with E-state index >= 15 is 0 Å². The number of carbonyl (C=O) groups excluding carboxylic acids is 2. The summed E-state index contributed by atoms with van der Waals surface area (Å²) in [6.45, 7) is 3.71. The van der Waals surface area contributed by atoms with Crippen LogP contribution in [0.3, 0.4) is 0 Å². The lowest BCUT2D eigenvalue weighted by atomic mass is 10.0. The molecule has 1 fully saturated rings. The monoisotopic (exact) mass is 560 g/mol. The molecule has 0 bridgehead atoms. The maximum atomic E-state index is 12.8. The molecule has 162 valence electrons. The Labute approximate surface area is 201 Å². The standard InChI is InChI=1S/C23H17IN2O5S/c1-13-9-16(10-19(14(13)2)26(29)30)20-8-7-18(31-20)11-21-22(27)25(23(28)32-21)12-15-3-5-17(24)6-4-15/h3-11H,12H2,1-2H3/b21-11-. The van der Waals surface area contributed by atoms with Crippen molar-refractivity contribution >= 4 is 57.3 Å². The Bertz CT molecular complexity index is 1280. The lowest BCUT2D eigenvalue weighted by molar-refractivity contribution is -0.385. The highest BCUT2D eigenvalue weighted by molar-refractivity contribution is 14.1. The van der Waals surface area contributed by atoms with Gasteiger partial charge in [0.15, 0.2) is 0 Å². The number of hydrogen-bond donors (Lipinski definition) is 0. The van der Waals surface area contributed by atoms with Gasteiger partial charge < -0.3 is 4.42 Å². The fourth-order valence-electron chi connectivity index (χ4n) is 3.30. The smallest absolute Gasteiger partial charge is 0.293 e. The minimum absolute atomic E-state index is 0.0228. The molecule has 0 atom stereocenters. The normalized spacial score (nSPS) is 15.1. The molecule has 7 nitrogen and oxygen atoms in total. The van der Waals surface area contributed by atoms with Gasteiger partial charge in [0.05, 0.1) is 16.4 Å². The van der Waals surface area contributed by atoms with Crippen LogP contribution in [0.5, 0.6) is 0 Å². The van der Waals surface area contributed by atoms with Gasteiger partial charge in [0, 0.05) is 26.8 Å². The predicted octanol–water partition coefficient (Wildman–Crippen LogP) is 6.31. The fourth-order valence-corrected chi connectivity index (χ4v) is 4.47. The van der Waals surface area contributed by atoms with E-state index in [0.29, 0.717) is 22.6 Å². The van der Waals surface area contributed by atoms with Crippen LogP contribution < -0.4 is 0 Å². The fraction of sp³-hybridized carbons (Fsp3) is 0.130. The average Bonchev–Trinajstić information content (AvgIpc) is 3.31. The van der Waals surface area contributed by atoms with E-state index < -0.39 is 4.92 Å². The summed E-state index contributed by atoms with van der Waals surface area (Å²) in [4.78, 5) is 37.5. The van der Waals surface area contributed by atoms with Crippen LogP contribution >= 0.6 is 34.4 Å². The van der Waals surface area contributed by atoms with Gasteiger partial charge in [0.1, 0.15) is 11.5 Å². The summed E-state index contributed by atoms with van der Waals surface area (Å²) >= 11 is 3.06. The summed E-state index contributed by atoms with van der Waals surface area (Å²) in [5.41, 5.74) is 2.85. The van der Waals surface area contributed by atoms with Crippen LogP contribution in [-0.4, -0.2) is 21.0 Å². The molecule has 2 heterocycles. The predicted molar refractivity (Wildman–Crippen MR) is 131 cm³/mol. The first-order valence-electron chi connectivity index (χ1n) is 9.58. The zero-order valence-corrected chi connectivity index (χ0v) is 20.1. The molecule has 4 rings (SSSR count). The largest absolute Gasteiger partial charge is 0.457 e. The molecule has 2 aromatic carbocycles. The van der Waals surface area contributed by atoms with E-state index in [0.717, 1.165) is 26.5 Å². The third kappa shape index (κ3) is 4.49. The number of nitro benzene ring substituents is 1. The Hall–Kier alpha value is -2.92. The van der Waals surface area contributed by atoms with E-state index in [-0.39, 0.29) is 28.3 Å². The first-order valence-corrected chi connectivity index (χ1v) is 11.5. The molecule has 1 aliphatic rings. The topological polar surface area (TPSA) is 93.7 Å². The Kier molecular flexibility index (Phi) is 6.20. The number of furan rings is 1. The molecule has 0 N–H and O–H groups in total. The summed E-state index contributed by atoms with van der Waals surface area (Å²) in [6.07, 6.45) is 1.53. The number of nitrogens with zero attached hydrogens (tertiary/aromatic N) is 2. The summed E-state index contributed by atoms with van der Waals surface area (Å²) in [5, 5.41) is 11.0. The number of nitro groups is 1. The van der Waals surface area contributed by atoms with Crippen LogP contribution in [0.25, 0.3) is 17.4 Å². The Morgan fingerprint density at radius 3 is 2.53 bits per heavy atom. The van der Waals surface area contributed by atoms with Crippen LogP contribution in [0.15, 0.2) is 57.9 Å². The lowest BCUT2D eigenvalue weighted by Crippen LogP contribution is -2.27. The van der Waals surface area contributed by atoms with E-state index in [1.807, 2.05) is 30.3 Å². The molecule has 0 radical (unpaired) electrons. The number of thioether (sulfide) groups is 1. The minimum atomic E-state index is -0.417. The number of rotatable bonds is 5. The van der Waals surface area contributed by atoms with E-state index in [4.69, 9.17) is 4.42 Å².